The zero-order chi connectivity index (χ0) is 7.56. The van der Waals surface area contributed by atoms with Crippen LogP contribution in [0.25, 0.3) is 0 Å². The van der Waals surface area contributed by atoms with Crippen LogP contribution in [-0.2, 0) is 7.05 Å². The summed E-state index contributed by atoms with van der Waals surface area (Å²) in [5.41, 5.74) is 0. The maximum Gasteiger partial charge on any atom is 0.106 e. The van der Waals surface area contributed by atoms with Crippen molar-refractivity contribution < 1.29 is 0 Å². The maximum absolute atomic E-state index is 5.06. The molecule has 0 saturated carbocycles. The molecule has 0 fully saturated rings. The molecule has 1 aromatic rings. The Labute approximate surface area is 70.1 Å². The molecule has 1 nitrogen and oxygen atoms in total. The Morgan fingerprint density at radius 3 is 2.80 bits per heavy atom. The van der Waals surface area contributed by atoms with E-state index in [2.05, 4.69) is 6.07 Å². The van der Waals surface area contributed by atoms with E-state index in [1.165, 1.54) is 4.90 Å². The molecule has 0 spiro atoms. The predicted molar refractivity (Wildman–Crippen MR) is 48.0 cm³/mol. The van der Waals surface area contributed by atoms with Gasteiger partial charge in [-0.3, -0.25) is 0 Å². The summed E-state index contributed by atoms with van der Waals surface area (Å²) < 4.78 is 2.81. The highest BCUT2D eigenvalue weighted by Gasteiger charge is 1.88. The van der Waals surface area contributed by atoms with Gasteiger partial charge in [-0.25, -0.2) is 0 Å². The fourth-order valence-electron chi connectivity index (χ4n) is 0.657. The first-order chi connectivity index (χ1) is 4.74. The van der Waals surface area contributed by atoms with Gasteiger partial charge in [0.1, 0.15) is 4.64 Å². The van der Waals surface area contributed by atoms with E-state index in [4.69, 9.17) is 12.2 Å². The van der Waals surface area contributed by atoms with Crippen LogP contribution in [-0.4, -0.2) is 10.8 Å². The van der Waals surface area contributed by atoms with Crippen molar-refractivity contribution in [2.75, 3.05) is 6.26 Å². The lowest BCUT2D eigenvalue weighted by Gasteiger charge is -1.98. The quantitative estimate of drug-likeness (QED) is 0.472. The normalized spacial score (nSPS) is 9.80. The van der Waals surface area contributed by atoms with Crippen LogP contribution in [0.4, 0.5) is 0 Å². The van der Waals surface area contributed by atoms with E-state index in [9.17, 15) is 0 Å². The lowest BCUT2D eigenvalue weighted by atomic mass is 10.5. The average Bonchev–Trinajstić information content (AvgIpc) is 1.95. The van der Waals surface area contributed by atoms with Crippen LogP contribution in [0.2, 0.25) is 0 Å². The van der Waals surface area contributed by atoms with Gasteiger partial charge in [-0.2, -0.15) is 0 Å². The molecule has 0 aromatic carbocycles. The lowest BCUT2D eigenvalue weighted by molar-refractivity contribution is 0.877. The number of hydrogen-bond acceptors (Lipinski definition) is 2. The van der Waals surface area contributed by atoms with Crippen LogP contribution in [0.1, 0.15) is 0 Å². The highest BCUT2D eigenvalue weighted by atomic mass is 32.2. The minimum atomic E-state index is 0.881. The van der Waals surface area contributed by atoms with Gasteiger partial charge in [-0.05, 0) is 18.4 Å². The standard InChI is InChI=1S/C7H9NS2/c1-8-4-3-6(10-2)5-7(8)9/h3-5H,1-2H3. The first-order valence-corrected chi connectivity index (χ1v) is 4.58. The Morgan fingerprint density at radius 2 is 2.30 bits per heavy atom. The number of nitrogens with zero attached hydrogens (tertiary/aromatic N) is 1. The largest absolute Gasteiger partial charge is 0.342 e. The third-order valence-electron chi connectivity index (χ3n) is 1.31. The smallest absolute Gasteiger partial charge is 0.106 e. The van der Waals surface area contributed by atoms with Crippen molar-refractivity contribution in [2.45, 2.75) is 4.90 Å². The Hall–Kier alpha value is -0.280. The summed E-state index contributed by atoms with van der Waals surface area (Å²) in [6.07, 6.45) is 4.03. The number of hydrogen-bond donors (Lipinski definition) is 0. The minimum absolute atomic E-state index is 0.881. The van der Waals surface area contributed by atoms with Crippen LogP contribution in [0.3, 0.4) is 0 Å². The van der Waals surface area contributed by atoms with Gasteiger partial charge in [0.25, 0.3) is 0 Å². The molecule has 0 N–H and O–H groups in total. The van der Waals surface area contributed by atoms with Gasteiger partial charge in [-0.1, -0.05) is 12.2 Å². The van der Waals surface area contributed by atoms with Crippen molar-refractivity contribution in [1.82, 2.24) is 4.57 Å². The van der Waals surface area contributed by atoms with E-state index in [0.29, 0.717) is 0 Å². The second kappa shape index (κ2) is 3.21. The molecule has 0 bridgehead atoms. The second-order valence-electron chi connectivity index (χ2n) is 2.02. The third kappa shape index (κ3) is 1.61. The first kappa shape index (κ1) is 7.82. The average molecular weight is 171 g/mol. The summed E-state index contributed by atoms with van der Waals surface area (Å²) in [7, 11) is 1.95. The monoisotopic (exact) mass is 171 g/mol. The zero-order valence-electron chi connectivity index (χ0n) is 6.00. The molecule has 1 heterocycles. The SMILES string of the molecule is CSc1ccn(C)c(=S)c1. The molecule has 0 amide bonds. The fourth-order valence-corrected chi connectivity index (χ4v) is 1.35. The summed E-state index contributed by atoms with van der Waals surface area (Å²) in [5, 5.41) is 0. The molecule has 10 heavy (non-hydrogen) atoms. The Bertz CT molecular complexity index is 277. The minimum Gasteiger partial charge on any atom is -0.342 e. The summed E-state index contributed by atoms with van der Waals surface area (Å²) in [5.74, 6) is 0. The van der Waals surface area contributed by atoms with Crippen LogP contribution in [0.5, 0.6) is 0 Å². The number of thioether (sulfide) groups is 1. The molecule has 3 heteroatoms. The molecule has 0 aliphatic rings. The van der Waals surface area contributed by atoms with E-state index < -0.39 is 0 Å². The van der Waals surface area contributed by atoms with E-state index in [0.717, 1.165) is 4.64 Å². The van der Waals surface area contributed by atoms with E-state index in [1.807, 2.05) is 30.1 Å². The summed E-state index contributed by atoms with van der Waals surface area (Å²) in [6, 6.07) is 4.06. The third-order valence-corrected chi connectivity index (χ3v) is 2.44. The Morgan fingerprint density at radius 1 is 1.60 bits per heavy atom. The van der Waals surface area contributed by atoms with Crippen molar-refractivity contribution in [3.8, 4) is 0 Å². The van der Waals surface area contributed by atoms with E-state index >= 15 is 0 Å². The van der Waals surface area contributed by atoms with Crippen molar-refractivity contribution in [2.24, 2.45) is 7.05 Å². The second-order valence-corrected chi connectivity index (χ2v) is 3.31. The summed E-state index contributed by atoms with van der Waals surface area (Å²) in [6.45, 7) is 0. The van der Waals surface area contributed by atoms with Gasteiger partial charge in [0, 0.05) is 18.1 Å². The van der Waals surface area contributed by atoms with Crippen molar-refractivity contribution in [3.63, 3.8) is 0 Å². The number of rotatable bonds is 1. The highest BCUT2D eigenvalue weighted by molar-refractivity contribution is 7.98. The van der Waals surface area contributed by atoms with Gasteiger partial charge < -0.3 is 4.57 Å². The number of aromatic nitrogens is 1. The van der Waals surface area contributed by atoms with Crippen molar-refractivity contribution >= 4 is 24.0 Å². The molecule has 1 aromatic heterocycles. The summed E-state index contributed by atoms with van der Waals surface area (Å²) in [4.78, 5) is 1.23. The maximum atomic E-state index is 5.06. The molecule has 54 valence electrons. The van der Waals surface area contributed by atoms with Crippen LogP contribution in [0, 0.1) is 4.64 Å². The molecule has 0 unspecified atom stereocenters. The Kier molecular flexibility index (Phi) is 2.51. The van der Waals surface area contributed by atoms with Gasteiger partial charge in [-0.15, -0.1) is 11.8 Å². The highest BCUT2D eigenvalue weighted by Crippen LogP contribution is 2.12. The van der Waals surface area contributed by atoms with Crippen molar-refractivity contribution in [3.05, 3.63) is 23.0 Å². The van der Waals surface area contributed by atoms with E-state index in [1.54, 1.807) is 11.8 Å². The molecule has 0 saturated heterocycles. The van der Waals surface area contributed by atoms with Gasteiger partial charge in [0.15, 0.2) is 0 Å². The van der Waals surface area contributed by atoms with Gasteiger partial charge in [0.2, 0.25) is 0 Å². The fraction of sp³-hybridized carbons (Fsp3) is 0.286. The predicted octanol–water partition coefficient (Wildman–Crippen LogP) is 2.48. The number of aryl methyl sites for hydroxylation is 1. The molecular weight excluding hydrogens is 162 g/mol. The molecular formula is C7H9NS2. The molecule has 1 rings (SSSR count). The number of pyridine rings is 1. The molecule has 0 radical (unpaired) electrons. The van der Waals surface area contributed by atoms with Crippen LogP contribution < -0.4 is 0 Å². The topological polar surface area (TPSA) is 4.93 Å². The van der Waals surface area contributed by atoms with Crippen molar-refractivity contribution in [1.29, 1.82) is 0 Å². The van der Waals surface area contributed by atoms with Gasteiger partial charge >= 0.3 is 0 Å². The van der Waals surface area contributed by atoms with E-state index in [-0.39, 0.29) is 0 Å². The van der Waals surface area contributed by atoms with Crippen LogP contribution >= 0.6 is 24.0 Å². The van der Waals surface area contributed by atoms with Gasteiger partial charge in [0.05, 0.1) is 0 Å². The molecule has 0 aliphatic carbocycles. The lowest BCUT2D eigenvalue weighted by Crippen LogP contribution is -1.89. The molecule has 0 aliphatic heterocycles. The molecule has 0 atom stereocenters. The Balaban J connectivity index is 3.17. The van der Waals surface area contributed by atoms with Crippen LogP contribution in [0.15, 0.2) is 23.2 Å². The first-order valence-electron chi connectivity index (χ1n) is 2.94. The summed E-state index contributed by atoms with van der Waals surface area (Å²) >= 11 is 6.77. The zero-order valence-corrected chi connectivity index (χ0v) is 7.63.